The Balaban J connectivity index is 1.49. The lowest BCUT2D eigenvalue weighted by Gasteiger charge is -2.33. The molecule has 9 heteroatoms. The fourth-order valence-electron chi connectivity index (χ4n) is 3.55. The third kappa shape index (κ3) is 6.71. The third-order valence-electron chi connectivity index (χ3n) is 5.21. The van der Waals surface area contributed by atoms with Crippen LogP contribution in [0.4, 0.5) is 18.9 Å². The van der Waals surface area contributed by atoms with Crippen LogP contribution in [0.2, 0.25) is 0 Å². The summed E-state index contributed by atoms with van der Waals surface area (Å²) in [4.78, 5) is 18.8. The summed E-state index contributed by atoms with van der Waals surface area (Å²) in [5.74, 6) is -4.53. The quantitative estimate of drug-likeness (QED) is 0.346. The Morgan fingerprint density at radius 2 is 1.78 bits per heavy atom. The van der Waals surface area contributed by atoms with Crippen molar-refractivity contribution in [3.05, 3.63) is 65.5 Å². The number of carbonyl (C=O) groups is 1. The van der Waals surface area contributed by atoms with Crippen LogP contribution in [0.1, 0.15) is 25.3 Å². The molecule has 0 bridgehead atoms. The van der Waals surface area contributed by atoms with Crippen molar-refractivity contribution in [2.24, 2.45) is 4.99 Å². The number of hydrogen-bond acceptors (Lipinski definition) is 3. The van der Waals surface area contributed by atoms with Crippen LogP contribution in [-0.2, 0) is 11.3 Å². The predicted octanol–water partition coefficient (Wildman–Crippen LogP) is 3.26. The highest BCUT2D eigenvalue weighted by Gasteiger charge is 2.20. The summed E-state index contributed by atoms with van der Waals surface area (Å²) in [7, 11) is 0. The maximum atomic E-state index is 13.7. The summed E-state index contributed by atoms with van der Waals surface area (Å²) in [5.41, 5.74) is 0.866. The van der Waals surface area contributed by atoms with Crippen molar-refractivity contribution in [3.63, 3.8) is 0 Å². The fourth-order valence-corrected chi connectivity index (χ4v) is 3.55. The Hall–Kier alpha value is -3.07. The van der Waals surface area contributed by atoms with Gasteiger partial charge in [0.25, 0.3) is 0 Å². The molecule has 0 saturated carbocycles. The minimum atomic E-state index is -1.63. The highest BCUT2D eigenvalue weighted by atomic mass is 19.2. The van der Waals surface area contributed by atoms with Crippen LogP contribution in [0.15, 0.2) is 47.5 Å². The Kier molecular flexibility index (Phi) is 8.49. The van der Waals surface area contributed by atoms with Crippen molar-refractivity contribution >= 4 is 17.6 Å². The minimum Gasteiger partial charge on any atom is -0.357 e. The second-order valence-electron chi connectivity index (χ2n) is 7.65. The minimum absolute atomic E-state index is 0.214. The highest BCUT2D eigenvalue weighted by Crippen LogP contribution is 2.19. The summed E-state index contributed by atoms with van der Waals surface area (Å²) in [6.45, 7) is 5.04. The molecule has 1 aliphatic rings. The van der Waals surface area contributed by atoms with Crippen LogP contribution < -0.4 is 16.0 Å². The molecular weight excluding hydrogens is 419 g/mol. The molecule has 172 valence electrons. The first-order valence-electron chi connectivity index (χ1n) is 10.7. The van der Waals surface area contributed by atoms with E-state index in [9.17, 15) is 18.0 Å². The van der Waals surface area contributed by atoms with Gasteiger partial charge in [-0.15, -0.1) is 0 Å². The number of likely N-dealkylation sites (tertiary alicyclic amines) is 1. The molecule has 3 rings (SSSR count). The molecule has 2 aromatic rings. The van der Waals surface area contributed by atoms with E-state index in [1.807, 2.05) is 25.1 Å². The Labute approximate surface area is 185 Å². The molecule has 1 aliphatic heterocycles. The summed E-state index contributed by atoms with van der Waals surface area (Å²) in [6.07, 6.45) is 1.87. The lowest BCUT2D eigenvalue weighted by molar-refractivity contribution is -0.114. The van der Waals surface area contributed by atoms with Crippen LogP contribution in [0.25, 0.3) is 0 Å². The van der Waals surface area contributed by atoms with E-state index < -0.39 is 29.0 Å². The van der Waals surface area contributed by atoms with Crippen molar-refractivity contribution in [1.29, 1.82) is 0 Å². The van der Waals surface area contributed by atoms with Crippen molar-refractivity contribution in [2.75, 3.05) is 31.5 Å². The molecule has 1 saturated heterocycles. The van der Waals surface area contributed by atoms with Crippen molar-refractivity contribution in [1.82, 2.24) is 15.5 Å². The molecular formula is C23H28F3N5O. The monoisotopic (exact) mass is 447 g/mol. The molecule has 6 nitrogen and oxygen atoms in total. The van der Waals surface area contributed by atoms with E-state index in [1.165, 1.54) is 5.56 Å². The summed E-state index contributed by atoms with van der Waals surface area (Å²) in [6, 6.07) is 12.3. The van der Waals surface area contributed by atoms with Crippen LogP contribution in [0, 0.1) is 17.5 Å². The zero-order chi connectivity index (χ0) is 22.9. The molecule has 0 radical (unpaired) electrons. The van der Waals surface area contributed by atoms with E-state index in [4.69, 9.17) is 0 Å². The average molecular weight is 448 g/mol. The molecule has 1 amide bonds. The van der Waals surface area contributed by atoms with Gasteiger partial charge in [0, 0.05) is 32.2 Å². The van der Waals surface area contributed by atoms with Gasteiger partial charge in [-0.25, -0.2) is 18.2 Å². The molecule has 1 heterocycles. The van der Waals surface area contributed by atoms with Gasteiger partial charge in [0.1, 0.15) is 6.54 Å². The highest BCUT2D eigenvalue weighted by molar-refractivity contribution is 5.94. The Morgan fingerprint density at radius 1 is 1.06 bits per heavy atom. The summed E-state index contributed by atoms with van der Waals surface area (Å²) >= 11 is 0. The van der Waals surface area contributed by atoms with Gasteiger partial charge in [-0.2, -0.15) is 0 Å². The van der Waals surface area contributed by atoms with Crippen LogP contribution >= 0.6 is 0 Å². The van der Waals surface area contributed by atoms with Crippen LogP contribution in [-0.4, -0.2) is 49.0 Å². The first-order chi connectivity index (χ1) is 15.5. The smallest absolute Gasteiger partial charge is 0.246 e. The molecule has 0 unspecified atom stereocenters. The first kappa shape index (κ1) is 23.6. The maximum Gasteiger partial charge on any atom is 0.246 e. The van der Waals surface area contributed by atoms with Gasteiger partial charge in [-0.3, -0.25) is 9.69 Å². The molecule has 0 atom stereocenters. The van der Waals surface area contributed by atoms with Gasteiger partial charge in [-0.05, 0) is 37.5 Å². The zero-order valence-corrected chi connectivity index (χ0v) is 18.0. The number of piperidine rings is 1. The van der Waals surface area contributed by atoms with E-state index in [2.05, 4.69) is 38.0 Å². The third-order valence-corrected chi connectivity index (χ3v) is 5.21. The molecule has 0 spiro atoms. The second-order valence-corrected chi connectivity index (χ2v) is 7.65. The largest absolute Gasteiger partial charge is 0.357 e. The number of amides is 1. The standard InChI is InChI=1S/C23H28F3N5O/c1-2-27-23(28-14-20(32)30-19-9-8-18(24)21(25)22(19)26)29-17-10-12-31(13-11-17)15-16-6-4-3-5-7-16/h3-9,17H,2,10-15H2,1H3,(H,30,32)(H2,27,28,29). The van der Waals surface area contributed by atoms with Gasteiger partial charge < -0.3 is 16.0 Å². The van der Waals surface area contributed by atoms with Gasteiger partial charge >= 0.3 is 0 Å². The van der Waals surface area contributed by atoms with Crippen LogP contribution in [0.5, 0.6) is 0 Å². The number of halogens is 3. The summed E-state index contributed by atoms with van der Waals surface area (Å²) < 4.78 is 40.1. The van der Waals surface area contributed by atoms with E-state index in [0.29, 0.717) is 12.5 Å². The Morgan fingerprint density at radius 3 is 2.47 bits per heavy atom. The van der Waals surface area contributed by atoms with Gasteiger partial charge in [0.2, 0.25) is 5.91 Å². The van der Waals surface area contributed by atoms with E-state index in [-0.39, 0.29) is 12.6 Å². The lowest BCUT2D eigenvalue weighted by atomic mass is 10.0. The maximum absolute atomic E-state index is 13.7. The number of aliphatic imine (C=N–C) groups is 1. The van der Waals surface area contributed by atoms with Gasteiger partial charge in [0.15, 0.2) is 23.4 Å². The molecule has 32 heavy (non-hydrogen) atoms. The number of carbonyl (C=O) groups excluding carboxylic acids is 1. The van der Waals surface area contributed by atoms with Gasteiger partial charge in [0.05, 0.1) is 5.69 Å². The molecule has 3 N–H and O–H groups in total. The molecule has 0 aliphatic carbocycles. The first-order valence-corrected chi connectivity index (χ1v) is 10.7. The average Bonchev–Trinajstić information content (AvgIpc) is 2.80. The molecule has 0 aromatic heterocycles. The fraction of sp³-hybridized carbons (Fsp3) is 0.391. The van der Waals surface area contributed by atoms with E-state index >= 15 is 0 Å². The molecule has 1 fully saturated rings. The topological polar surface area (TPSA) is 68.8 Å². The lowest BCUT2D eigenvalue weighted by Crippen LogP contribution is -2.48. The normalized spacial score (nSPS) is 15.4. The van der Waals surface area contributed by atoms with E-state index in [1.54, 1.807) is 0 Å². The predicted molar refractivity (Wildman–Crippen MR) is 119 cm³/mol. The number of rotatable bonds is 7. The summed E-state index contributed by atoms with van der Waals surface area (Å²) in [5, 5.41) is 8.65. The number of nitrogens with one attached hydrogen (secondary N) is 3. The van der Waals surface area contributed by atoms with Crippen molar-refractivity contribution < 1.29 is 18.0 Å². The number of guanidine groups is 1. The number of nitrogens with zero attached hydrogens (tertiary/aromatic N) is 2. The van der Waals surface area contributed by atoms with E-state index in [0.717, 1.165) is 44.6 Å². The SMILES string of the molecule is CCNC(=NCC(=O)Nc1ccc(F)c(F)c1F)NC1CCN(Cc2ccccc2)CC1. The number of anilines is 1. The van der Waals surface area contributed by atoms with Crippen molar-refractivity contribution in [3.8, 4) is 0 Å². The molecule has 2 aromatic carbocycles. The number of hydrogen-bond donors (Lipinski definition) is 3. The zero-order valence-electron chi connectivity index (χ0n) is 18.0. The Bertz CT molecular complexity index is 931. The number of benzene rings is 2. The van der Waals surface area contributed by atoms with Crippen LogP contribution in [0.3, 0.4) is 0 Å². The van der Waals surface area contributed by atoms with Crippen molar-refractivity contribution in [2.45, 2.75) is 32.4 Å². The van der Waals surface area contributed by atoms with Gasteiger partial charge in [-0.1, -0.05) is 30.3 Å². The second kappa shape index (κ2) is 11.5.